The highest BCUT2D eigenvalue weighted by molar-refractivity contribution is 5.82. The molecule has 37 heavy (non-hydrogen) atoms. The number of likely N-dealkylation sites (tertiary alicyclic amines) is 1. The molecule has 4 fully saturated rings. The Labute approximate surface area is 218 Å². The summed E-state index contributed by atoms with van der Waals surface area (Å²) in [7, 11) is 0. The summed E-state index contributed by atoms with van der Waals surface area (Å²) in [5.74, 6) is 1.53. The Hall–Kier alpha value is -3.10. The van der Waals surface area contributed by atoms with E-state index >= 15 is 0 Å². The molecule has 4 aliphatic heterocycles. The van der Waals surface area contributed by atoms with Gasteiger partial charge in [-0.25, -0.2) is 4.79 Å². The van der Waals surface area contributed by atoms with Crippen LogP contribution < -0.4 is 0 Å². The normalized spacial score (nSPS) is 27.5. The minimum atomic E-state index is -0.773. The van der Waals surface area contributed by atoms with Gasteiger partial charge in [0.25, 0.3) is 5.89 Å². The predicted molar refractivity (Wildman–Crippen MR) is 138 cm³/mol. The summed E-state index contributed by atoms with van der Waals surface area (Å²) < 4.78 is 13.0. The fourth-order valence-corrected chi connectivity index (χ4v) is 6.59. The zero-order chi connectivity index (χ0) is 25.3. The maximum atomic E-state index is 14.0. The van der Waals surface area contributed by atoms with Crippen LogP contribution in [-0.2, 0) is 21.6 Å². The molecule has 2 atom stereocenters. The molecule has 0 radical (unpaired) electrons. The largest absolute Gasteiger partial charge is 0.454 e. The number of piperidine rings is 4. The van der Waals surface area contributed by atoms with Gasteiger partial charge in [0.05, 0.1) is 13.1 Å². The molecule has 0 spiro atoms. The number of carbonyl (C=O) groups is 1. The van der Waals surface area contributed by atoms with Crippen molar-refractivity contribution < 1.29 is 18.5 Å². The van der Waals surface area contributed by atoms with Crippen LogP contribution in [0.25, 0.3) is 11.4 Å². The van der Waals surface area contributed by atoms with Crippen LogP contribution >= 0.6 is 0 Å². The van der Waals surface area contributed by atoms with Crippen molar-refractivity contribution in [3.8, 4) is 11.4 Å². The smallest absolute Gasteiger partial charge is 0.331 e. The van der Waals surface area contributed by atoms with Gasteiger partial charge in [-0.3, -0.25) is 9.88 Å². The van der Waals surface area contributed by atoms with Crippen molar-refractivity contribution in [3.05, 3.63) is 66.3 Å². The van der Waals surface area contributed by atoms with E-state index in [9.17, 15) is 4.79 Å². The lowest BCUT2D eigenvalue weighted by molar-refractivity contribution is -0.959. The van der Waals surface area contributed by atoms with E-state index < -0.39 is 5.54 Å². The van der Waals surface area contributed by atoms with Gasteiger partial charge in [-0.15, -0.1) is 0 Å². The van der Waals surface area contributed by atoms with Crippen LogP contribution in [0.15, 0.2) is 59.4 Å². The van der Waals surface area contributed by atoms with Crippen molar-refractivity contribution in [1.29, 1.82) is 0 Å². The Morgan fingerprint density at radius 3 is 2.54 bits per heavy atom. The molecule has 4 saturated heterocycles. The Balaban J connectivity index is 1.20. The first-order valence-electron chi connectivity index (χ1n) is 13.7. The van der Waals surface area contributed by atoms with Gasteiger partial charge in [-0.1, -0.05) is 41.9 Å². The first-order chi connectivity index (χ1) is 18.1. The third-order valence-corrected chi connectivity index (χ3v) is 8.90. The molecular formula is C29H36N5O3+. The fraction of sp³-hybridized carbons (Fsp3) is 0.517. The molecule has 6 heterocycles. The standard InChI is InChI=1S/C29H36N5O3/c1-29(24-8-4-2-5-9-24,33-16-6-3-7-17-33)28(35)36-25-20-34(18-12-22(25)13-19-34)21-26-31-27(32-37-26)23-10-14-30-15-11-23/h2,4-5,8-11,14-15,22,25H,3,6-7,12-13,16-21H2,1H3/q+1/t22?,25-,29-,34?/m0/s1. The first-order valence-corrected chi connectivity index (χ1v) is 13.7. The number of benzene rings is 1. The average Bonchev–Trinajstić information content (AvgIpc) is 3.42. The van der Waals surface area contributed by atoms with E-state index in [2.05, 4.69) is 39.1 Å². The van der Waals surface area contributed by atoms with Crippen molar-refractivity contribution >= 4 is 5.97 Å². The number of quaternary nitrogens is 1. The summed E-state index contributed by atoms with van der Waals surface area (Å²) in [6.07, 6.45) is 8.93. The number of esters is 1. The molecule has 2 aromatic heterocycles. The van der Waals surface area contributed by atoms with Crippen molar-refractivity contribution in [1.82, 2.24) is 20.0 Å². The number of aromatic nitrogens is 3. The number of pyridine rings is 1. The lowest BCUT2D eigenvalue weighted by Crippen LogP contribution is -2.64. The highest BCUT2D eigenvalue weighted by atomic mass is 16.5. The SMILES string of the molecule is C[C@@](C(=O)O[C@H]1C[N+]2(Cc3nc(-c4ccncc4)no3)CCC1CC2)(c1ccccc1)N1CCCCC1. The van der Waals surface area contributed by atoms with Crippen LogP contribution in [0.5, 0.6) is 0 Å². The molecule has 0 unspecified atom stereocenters. The number of hydrogen-bond donors (Lipinski definition) is 0. The molecule has 2 bridgehead atoms. The van der Waals surface area contributed by atoms with Crippen LogP contribution in [-0.4, -0.2) is 69.3 Å². The fourth-order valence-electron chi connectivity index (χ4n) is 6.59. The number of carbonyl (C=O) groups excluding carboxylic acids is 1. The van der Waals surface area contributed by atoms with Crippen LogP contribution in [0.1, 0.15) is 50.5 Å². The van der Waals surface area contributed by atoms with Gasteiger partial charge < -0.3 is 13.7 Å². The molecule has 194 valence electrons. The summed E-state index contributed by atoms with van der Waals surface area (Å²) in [6.45, 7) is 7.47. The highest BCUT2D eigenvalue weighted by Crippen LogP contribution is 2.39. The van der Waals surface area contributed by atoms with Crippen molar-refractivity contribution in [2.45, 2.75) is 57.2 Å². The second-order valence-corrected chi connectivity index (χ2v) is 11.1. The van der Waals surface area contributed by atoms with E-state index in [0.717, 1.165) is 74.0 Å². The van der Waals surface area contributed by atoms with Gasteiger partial charge in [0.15, 0.2) is 12.6 Å². The Bertz CT molecular complexity index is 1200. The average molecular weight is 503 g/mol. The molecule has 8 nitrogen and oxygen atoms in total. The lowest BCUT2D eigenvalue weighted by Gasteiger charge is -2.52. The van der Waals surface area contributed by atoms with Gasteiger partial charge in [-0.05, 0) is 50.6 Å². The molecule has 3 aromatic rings. The number of rotatable bonds is 7. The zero-order valence-electron chi connectivity index (χ0n) is 21.6. The Morgan fingerprint density at radius 2 is 1.81 bits per heavy atom. The predicted octanol–water partition coefficient (Wildman–Crippen LogP) is 4.19. The van der Waals surface area contributed by atoms with Gasteiger partial charge in [0, 0.05) is 36.7 Å². The molecule has 4 aliphatic rings. The molecule has 8 heteroatoms. The van der Waals surface area contributed by atoms with Gasteiger partial charge in [0.1, 0.15) is 12.1 Å². The quantitative estimate of drug-likeness (QED) is 0.354. The summed E-state index contributed by atoms with van der Waals surface area (Å²) >= 11 is 0. The maximum absolute atomic E-state index is 14.0. The molecule has 1 aromatic carbocycles. The second-order valence-electron chi connectivity index (χ2n) is 11.1. The zero-order valence-corrected chi connectivity index (χ0v) is 21.6. The van der Waals surface area contributed by atoms with E-state index in [-0.39, 0.29) is 12.1 Å². The van der Waals surface area contributed by atoms with E-state index in [1.807, 2.05) is 30.3 Å². The monoisotopic (exact) mass is 502 g/mol. The van der Waals surface area contributed by atoms with Gasteiger partial charge >= 0.3 is 5.97 Å². The Kier molecular flexibility index (Phi) is 6.55. The van der Waals surface area contributed by atoms with Crippen LogP contribution in [0.4, 0.5) is 0 Å². The molecule has 0 aliphatic carbocycles. The van der Waals surface area contributed by atoms with Gasteiger partial charge in [-0.2, -0.15) is 4.98 Å². The summed E-state index contributed by atoms with van der Waals surface area (Å²) in [6, 6.07) is 13.9. The molecule has 0 amide bonds. The number of ether oxygens (including phenoxy) is 1. The third kappa shape index (κ3) is 4.68. The molecular weight excluding hydrogens is 466 g/mol. The molecule has 0 N–H and O–H groups in total. The van der Waals surface area contributed by atoms with Crippen LogP contribution in [0.2, 0.25) is 0 Å². The third-order valence-electron chi connectivity index (χ3n) is 8.90. The van der Waals surface area contributed by atoms with Crippen LogP contribution in [0.3, 0.4) is 0 Å². The summed E-state index contributed by atoms with van der Waals surface area (Å²) in [5.41, 5.74) is 1.14. The topological polar surface area (TPSA) is 81.3 Å². The first kappa shape index (κ1) is 24.2. The van der Waals surface area contributed by atoms with Gasteiger partial charge in [0.2, 0.25) is 5.82 Å². The van der Waals surface area contributed by atoms with Crippen molar-refractivity contribution in [3.63, 3.8) is 0 Å². The highest BCUT2D eigenvalue weighted by Gasteiger charge is 2.51. The van der Waals surface area contributed by atoms with Crippen molar-refractivity contribution in [2.75, 3.05) is 32.7 Å². The lowest BCUT2D eigenvalue weighted by atomic mass is 9.82. The van der Waals surface area contributed by atoms with Crippen LogP contribution in [0, 0.1) is 5.92 Å². The maximum Gasteiger partial charge on any atom is 0.331 e. The van der Waals surface area contributed by atoms with E-state index in [1.165, 1.54) is 6.42 Å². The minimum Gasteiger partial charge on any atom is -0.454 e. The second kappa shape index (κ2) is 9.99. The summed E-state index contributed by atoms with van der Waals surface area (Å²) in [5, 5.41) is 4.20. The van der Waals surface area contributed by atoms with E-state index in [4.69, 9.17) is 9.26 Å². The minimum absolute atomic E-state index is 0.0922. The number of fused-ring (bicyclic) bond motifs is 3. The van der Waals surface area contributed by atoms with Crippen molar-refractivity contribution in [2.24, 2.45) is 5.92 Å². The number of hydrogen-bond acceptors (Lipinski definition) is 7. The summed E-state index contributed by atoms with van der Waals surface area (Å²) in [4.78, 5) is 25.1. The Morgan fingerprint density at radius 1 is 1.08 bits per heavy atom. The molecule has 0 saturated carbocycles. The molecule has 7 rings (SSSR count). The van der Waals surface area contributed by atoms with E-state index in [1.54, 1.807) is 12.4 Å². The number of nitrogens with zero attached hydrogens (tertiary/aromatic N) is 5. The van der Waals surface area contributed by atoms with E-state index in [0.29, 0.717) is 24.2 Å².